The van der Waals surface area contributed by atoms with Gasteiger partial charge >= 0.3 is 0 Å². The van der Waals surface area contributed by atoms with Crippen molar-refractivity contribution in [3.05, 3.63) is 218 Å². The highest BCUT2D eigenvalue weighted by Gasteiger charge is 2.17. The number of oxazole rings is 1. The van der Waals surface area contributed by atoms with E-state index < -0.39 is 0 Å². The molecule has 10 aromatic rings. The minimum atomic E-state index is 0.611. The van der Waals surface area contributed by atoms with Crippen molar-refractivity contribution < 1.29 is 4.42 Å². The third-order valence-electron chi connectivity index (χ3n) is 10.5. The summed E-state index contributed by atoms with van der Waals surface area (Å²) in [6.45, 7) is 0. The Morgan fingerprint density at radius 2 is 0.786 bits per heavy atom. The molecule has 56 heavy (non-hydrogen) atoms. The van der Waals surface area contributed by atoms with E-state index in [0.29, 0.717) is 5.89 Å². The van der Waals surface area contributed by atoms with Crippen LogP contribution in [0.4, 0.5) is 17.1 Å². The van der Waals surface area contributed by atoms with Crippen molar-refractivity contribution in [1.29, 1.82) is 0 Å². The Kier molecular flexibility index (Phi) is 8.51. The van der Waals surface area contributed by atoms with Crippen LogP contribution in [0.1, 0.15) is 0 Å². The molecule has 1 heterocycles. The predicted octanol–water partition coefficient (Wildman–Crippen LogP) is 14.8. The van der Waals surface area contributed by atoms with Gasteiger partial charge in [0.05, 0.1) is 0 Å². The average Bonchev–Trinajstić information content (AvgIpc) is 3.73. The molecule has 0 aliphatic carbocycles. The Morgan fingerprint density at radius 3 is 1.41 bits per heavy atom. The van der Waals surface area contributed by atoms with Crippen LogP contribution in [0, 0.1) is 0 Å². The van der Waals surface area contributed by atoms with E-state index in [1.54, 1.807) is 0 Å². The van der Waals surface area contributed by atoms with Crippen LogP contribution in [0.25, 0.3) is 77.8 Å². The molecule has 264 valence electrons. The van der Waals surface area contributed by atoms with Crippen LogP contribution in [-0.2, 0) is 0 Å². The molecule has 0 N–H and O–H groups in total. The van der Waals surface area contributed by atoms with Crippen molar-refractivity contribution in [3.8, 4) is 56.0 Å². The third-order valence-corrected chi connectivity index (χ3v) is 10.5. The summed E-state index contributed by atoms with van der Waals surface area (Å²) in [4.78, 5) is 7.22. The van der Waals surface area contributed by atoms with E-state index in [2.05, 4.69) is 217 Å². The number of aromatic nitrogens is 1. The summed E-state index contributed by atoms with van der Waals surface area (Å²) in [5, 5.41) is 2.42. The van der Waals surface area contributed by atoms with Gasteiger partial charge in [0, 0.05) is 28.2 Å². The van der Waals surface area contributed by atoms with Gasteiger partial charge in [-0.25, -0.2) is 4.98 Å². The maximum Gasteiger partial charge on any atom is 0.227 e. The minimum Gasteiger partial charge on any atom is -0.435 e. The number of anilines is 3. The molecule has 0 aliphatic rings. The highest BCUT2D eigenvalue weighted by Crippen LogP contribution is 2.41. The van der Waals surface area contributed by atoms with E-state index in [9.17, 15) is 0 Å². The molecule has 10 rings (SSSR count). The predicted molar refractivity (Wildman–Crippen MR) is 233 cm³/mol. The van der Waals surface area contributed by atoms with Gasteiger partial charge in [0.25, 0.3) is 0 Å². The second kappa shape index (κ2) is 14.4. The Hall–Kier alpha value is -7.49. The zero-order chi connectivity index (χ0) is 37.3. The standard InChI is InChI=1S/C53H36N2O/c1-3-16-43(17-4-1)55(44-18-5-2-6-19-44)45-34-32-39(33-35-45)47-21-10-12-23-50(47)49-22-11-9-20-46(49)38-27-29-40(30-28-38)53-54-51-25-13-24-48(52(51)56-53)42-31-26-37-14-7-8-15-41(37)36-42/h1-36H. The quantitative estimate of drug-likeness (QED) is 0.157. The lowest BCUT2D eigenvalue weighted by molar-refractivity contribution is 0.621. The smallest absolute Gasteiger partial charge is 0.227 e. The van der Waals surface area contributed by atoms with Gasteiger partial charge in [-0.2, -0.15) is 0 Å². The largest absolute Gasteiger partial charge is 0.435 e. The molecule has 3 nitrogen and oxygen atoms in total. The number of hydrogen-bond acceptors (Lipinski definition) is 3. The molecule has 1 aromatic heterocycles. The molecule has 0 saturated carbocycles. The van der Waals surface area contributed by atoms with Crippen molar-refractivity contribution >= 4 is 38.9 Å². The summed E-state index contributed by atoms with van der Waals surface area (Å²) < 4.78 is 6.51. The summed E-state index contributed by atoms with van der Waals surface area (Å²) in [5.74, 6) is 0.611. The molecule has 0 bridgehead atoms. The van der Waals surface area contributed by atoms with Crippen molar-refractivity contribution in [1.82, 2.24) is 4.98 Å². The first-order valence-electron chi connectivity index (χ1n) is 19.0. The van der Waals surface area contributed by atoms with Gasteiger partial charge in [0.2, 0.25) is 5.89 Å². The number of hydrogen-bond donors (Lipinski definition) is 0. The first-order valence-corrected chi connectivity index (χ1v) is 19.0. The second-order valence-corrected chi connectivity index (χ2v) is 14.0. The third kappa shape index (κ3) is 6.21. The van der Waals surface area contributed by atoms with Crippen LogP contribution < -0.4 is 4.90 Å². The number of nitrogens with zero attached hydrogens (tertiary/aromatic N) is 2. The number of benzene rings is 9. The van der Waals surface area contributed by atoms with Gasteiger partial charge in [-0.05, 0) is 110 Å². The second-order valence-electron chi connectivity index (χ2n) is 14.0. The van der Waals surface area contributed by atoms with Crippen LogP contribution in [0.15, 0.2) is 223 Å². The van der Waals surface area contributed by atoms with Gasteiger partial charge in [-0.1, -0.05) is 158 Å². The molecule has 0 fully saturated rings. The van der Waals surface area contributed by atoms with E-state index in [0.717, 1.165) is 56.0 Å². The van der Waals surface area contributed by atoms with E-state index in [4.69, 9.17) is 9.40 Å². The van der Waals surface area contributed by atoms with Gasteiger partial charge in [-0.15, -0.1) is 0 Å². The Labute approximate surface area is 326 Å². The molecule has 9 aromatic carbocycles. The molecule has 0 aliphatic heterocycles. The van der Waals surface area contributed by atoms with E-state index in [1.807, 2.05) is 6.07 Å². The molecule has 0 radical (unpaired) electrons. The summed E-state index contributed by atoms with van der Waals surface area (Å²) in [7, 11) is 0. The van der Waals surface area contributed by atoms with Crippen molar-refractivity contribution in [2.24, 2.45) is 0 Å². The van der Waals surface area contributed by atoms with Crippen molar-refractivity contribution in [3.63, 3.8) is 0 Å². The Balaban J connectivity index is 0.968. The summed E-state index contributed by atoms with van der Waals surface area (Å²) in [6.07, 6.45) is 0. The zero-order valence-corrected chi connectivity index (χ0v) is 30.6. The first kappa shape index (κ1) is 33.1. The highest BCUT2D eigenvalue weighted by atomic mass is 16.3. The maximum absolute atomic E-state index is 6.51. The fourth-order valence-corrected chi connectivity index (χ4v) is 7.78. The molecule has 0 spiro atoms. The number of rotatable bonds is 8. The Bertz CT molecular complexity index is 2910. The summed E-state index contributed by atoms with van der Waals surface area (Å²) >= 11 is 0. The lowest BCUT2D eigenvalue weighted by Gasteiger charge is -2.25. The van der Waals surface area contributed by atoms with E-state index in [-0.39, 0.29) is 0 Å². The lowest BCUT2D eigenvalue weighted by atomic mass is 9.89. The van der Waals surface area contributed by atoms with Crippen LogP contribution in [0.3, 0.4) is 0 Å². The average molecular weight is 717 g/mol. The Morgan fingerprint density at radius 1 is 0.321 bits per heavy atom. The lowest BCUT2D eigenvalue weighted by Crippen LogP contribution is -2.09. The first-order chi connectivity index (χ1) is 27.8. The molecule has 0 amide bonds. The van der Waals surface area contributed by atoms with Crippen molar-refractivity contribution in [2.75, 3.05) is 4.90 Å². The minimum absolute atomic E-state index is 0.611. The molecule has 3 heteroatoms. The normalized spacial score (nSPS) is 11.2. The SMILES string of the molecule is c1ccc(N(c2ccccc2)c2ccc(-c3ccccc3-c3ccccc3-c3ccc(-c4nc5cccc(-c6ccc7ccccc7c6)c5o4)cc3)cc2)cc1. The fraction of sp³-hybridized carbons (Fsp3) is 0. The monoisotopic (exact) mass is 716 g/mol. The topological polar surface area (TPSA) is 29.3 Å². The number of fused-ring (bicyclic) bond motifs is 2. The van der Waals surface area contributed by atoms with Crippen LogP contribution in [0.5, 0.6) is 0 Å². The van der Waals surface area contributed by atoms with Gasteiger partial charge in [0.1, 0.15) is 5.52 Å². The van der Waals surface area contributed by atoms with E-state index >= 15 is 0 Å². The zero-order valence-electron chi connectivity index (χ0n) is 30.6. The molecule has 0 saturated heterocycles. The van der Waals surface area contributed by atoms with E-state index in [1.165, 1.54) is 33.0 Å². The van der Waals surface area contributed by atoms with Gasteiger partial charge < -0.3 is 9.32 Å². The maximum atomic E-state index is 6.51. The van der Waals surface area contributed by atoms with Crippen molar-refractivity contribution in [2.45, 2.75) is 0 Å². The summed E-state index contributed by atoms with van der Waals surface area (Å²) in [6, 6.07) is 77.0. The van der Waals surface area contributed by atoms with Crippen LogP contribution in [0.2, 0.25) is 0 Å². The van der Waals surface area contributed by atoms with Gasteiger partial charge in [-0.3, -0.25) is 0 Å². The van der Waals surface area contributed by atoms with Gasteiger partial charge in [0.15, 0.2) is 5.58 Å². The van der Waals surface area contributed by atoms with Crippen LogP contribution in [-0.4, -0.2) is 4.98 Å². The molecular formula is C53H36N2O. The highest BCUT2D eigenvalue weighted by molar-refractivity contribution is 5.96. The fourth-order valence-electron chi connectivity index (χ4n) is 7.78. The summed E-state index contributed by atoms with van der Waals surface area (Å²) in [5.41, 5.74) is 15.1. The molecule has 0 atom stereocenters. The number of para-hydroxylation sites is 3. The molecule has 0 unspecified atom stereocenters. The molecular weight excluding hydrogens is 681 g/mol. The van der Waals surface area contributed by atoms with Crippen LogP contribution >= 0.6 is 0 Å².